The normalized spacial score (nSPS) is 28.8. The molecule has 0 spiro atoms. The Morgan fingerprint density at radius 1 is 1.13 bits per heavy atom. The topological polar surface area (TPSA) is 94.5 Å². The summed E-state index contributed by atoms with van der Waals surface area (Å²) in [7, 11) is -0.692. The summed E-state index contributed by atoms with van der Waals surface area (Å²) in [6.07, 6.45) is 2.03. The molecule has 0 unspecified atom stereocenters. The average Bonchev–Trinajstić information content (AvgIpc) is 3.64. The summed E-state index contributed by atoms with van der Waals surface area (Å²) in [6.45, 7) is 12.5. The van der Waals surface area contributed by atoms with Gasteiger partial charge in [0.25, 0.3) is 5.56 Å². The molecule has 2 N–H and O–H groups in total. The van der Waals surface area contributed by atoms with Gasteiger partial charge < -0.3 is 19.9 Å². The van der Waals surface area contributed by atoms with Crippen molar-refractivity contribution in [1.29, 1.82) is 0 Å². The summed E-state index contributed by atoms with van der Waals surface area (Å²) in [5.74, 6) is -0.169. The minimum atomic E-state index is -4.51. The average molecular weight is 751 g/mol. The summed E-state index contributed by atoms with van der Waals surface area (Å²) < 4.78 is 54.9. The Kier molecular flexibility index (Phi) is 9.90. The van der Waals surface area contributed by atoms with Crippen LogP contribution in [0.1, 0.15) is 94.6 Å². The Labute approximate surface area is 314 Å². The fraction of sp³-hybridized carbons (Fsp3) is 0.525. The molecule has 3 aromatic rings. The third-order valence-electron chi connectivity index (χ3n) is 12.7. The van der Waals surface area contributed by atoms with Crippen LogP contribution in [0.3, 0.4) is 0 Å². The molecule has 1 aromatic heterocycles. The van der Waals surface area contributed by atoms with Crippen molar-refractivity contribution in [2.24, 2.45) is 17.3 Å². The van der Waals surface area contributed by atoms with E-state index < -0.39 is 47.4 Å². The van der Waals surface area contributed by atoms with E-state index in [-0.39, 0.29) is 34.9 Å². The number of nitrogens with one attached hydrogen (secondary N) is 2. The van der Waals surface area contributed by atoms with Gasteiger partial charge in [-0.1, -0.05) is 80.9 Å². The number of benzene rings is 2. The van der Waals surface area contributed by atoms with Crippen molar-refractivity contribution in [2.75, 3.05) is 5.32 Å². The summed E-state index contributed by atoms with van der Waals surface area (Å²) in [4.78, 5) is 33.2. The van der Waals surface area contributed by atoms with E-state index in [0.717, 1.165) is 37.8 Å². The molecule has 5 aliphatic rings. The van der Waals surface area contributed by atoms with Gasteiger partial charge in [-0.05, 0) is 92.4 Å². The van der Waals surface area contributed by atoms with Crippen LogP contribution in [-0.4, -0.2) is 40.2 Å². The molecule has 3 saturated carbocycles. The van der Waals surface area contributed by atoms with Crippen LogP contribution in [-0.2, 0) is 38.7 Å². The SMILES string of the molecule is C=CC[C@H](NC(=O)[C@@H]1C[C@@](C)(CCCc2ccccc2)c2c(Cl)nc(NCc3cccc(C(F)(F)F)c3)c(=O)n21)B1O[C@@H]2C[C@@H]3C[C@@H](C3(C)C)[C@]2(C)O1. The van der Waals surface area contributed by atoms with Gasteiger partial charge in [0.05, 0.1) is 28.9 Å². The molecule has 13 heteroatoms. The maximum Gasteiger partial charge on any atom is 0.482 e. The number of carbonyl (C=O) groups is 1. The van der Waals surface area contributed by atoms with Crippen molar-refractivity contribution >= 4 is 30.4 Å². The zero-order valence-electron chi connectivity index (χ0n) is 30.6. The van der Waals surface area contributed by atoms with Crippen molar-refractivity contribution in [3.8, 4) is 0 Å². The highest BCUT2D eigenvalue weighted by molar-refractivity contribution is 6.48. The molecule has 2 bridgehead atoms. The third-order valence-corrected chi connectivity index (χ3v) is 13.0. The molecule has 8 nitrogen and oxygen atoms in total. The van der Waals surface area contributed by atoms with Crippen molar-refractivity contribution < 1.29 is 27.3 Å². The van der Waals surface area contributed by atoms with Gasteiger partial charge in [-0.25, -0.2) is 4.98 Å². The zero-order chi connectivity index (χ0) is 37.9. The predicted molar refractivity (Wildman–Crippen MR) is 200 cm³/mol. The number of hydrogen-bond donors (Lipinski definition) is 2. The molecule has 1 amide bonds. The number of aromatic nitrogens is 2. The van der Waals surface area contributed by atoms with E-state index in [4.69, 9.17) is 20.9 Å². The number of halogens is 4. The number of amides is 1. The van der Waals surface area contributed by atoms with E-state index in [1.165, 1.54) is 22.3 Å². The number of hydrogen-bond acceptors (Lipinski definition) is 6. The molecule has 3 heterocycles. The standard InChI is InChI=1S/C40H47BClF3N4O4/c1-6-12-31(41-52-30-21-27-20-29(37(27,2)3)39(30,5)53-41)47-35(50)28-22-38(4,18-11-16-24-13-8-7-9-14-24)32-33(42)48-34(36(51)49(28)32)46-23-25-15-10-17-26(19-25)40(43,44)45/h6-10,13-15,17,19,27-31H,1,11-12,16,18,20-23H2,2-5H3,(H,46,48)(H,47,50)/t27-,28-,29-,30+,31-,38+,39-/m0/s1. The molecular weight excluding hydrogens is 704 g/mol. The third kappa shape index (κ3) is 6.84. The molecule has 2 aromatic carbocycles. The van der Waals surface area contributed by atoms with E-state index in [9.17, 15) is 22.8 Å². The maximum atomic E-state index is 14.5. The molecule has 8 rings (SSSR count). The van der Waals surface area contributed by atoms with Gasteiger partial charge in [0.2, 0.25) is 5.91 Å². The van der Waals surface area contributed by atoms with Gasteiger partial charge in [-0.2, -0.15) is 13.2 Å². The molecule has 53 heavy (non-hydrogen) atoms. The molecular formula is C40H47BClF3N4O4. The number of carbonyl (C=O) groups excluding carboxylic acids is 1. The zero-order valence-corrected chi connectivity index (χ0v) is 31.4. The first-order chi connectivity index (χ1) is 25.0. The Morgan fingerprint density at radius 2 is 1.87 bits per heavy atom. The molecule has 282 valence electrons. The number of nitrogens with zero attached hydrogens (tertiary/aromatic N) is 2. The van der Waals surface area contributed by atoms with Crippen molar-refractivity contribution in [3.05, 3.63) is 105 Å². The maximum absolute atomic E-state index is 14.5. The van der Waals surface area contributed by atoms with Crippen LogP contribution in [0.5, 0.6) is 0 Å². The second kappa shape index (κ2) is 13.9. The monoisotopic (exact) mass is 750 g/mol. The lowest BCUT2D eigenvalue weighted by Gasteiger charge is -2.64. The van der Waals surface area contributed by atoms with Crippen molar-refractivity contribution in [1.82, 2.24) is 14.9 Å². The van der Waals surface area contributed by atoms with E-state index in [1.54, 1.807) is 6.08 Å². The second-order valence-electron chi connectivity index (χ2n) is 16.4. The Hall–Kier alpha value is -3.61. The lowest BCUT2D eigenvalue weighted by Crippen LogP contribution is -2.65. The minimum absolute atomic E-state index is 0.0670. The Bertz CT molecular complexity index is 1940. The van der Waals surface area contributed by atoms with Gasteiger partial charge in [-0.15, -0.1) is 6.58 Å². The molecule has 7 atom stereocenters. The van der Waals surface area contributed by atoms with Crippen LogP contribution in [0.4, 0.5) is 19.0 Å². The molecule has 2 aliphatic heterocycles. The first kappa shape index (κ1) is 37.7. The van der Waals surface area contributed by atoms with Crippen LogP contribution in [0.25, 0.3) is 0 Å². The molecule has 4 fully saturated rings. The van der Waals surface area contributed by atoms with Crippen LogP contribution < -0.4 is 16.2 Å². The number of aryl methyl sites for hydroxylation is 1. The largest absolute Gasteiger partial charge is 0.482 e. The summed E-state index contributed by atoms with van der Waals surface area (Å²) in [5.41, 5.74) is -0.410. The van der Waals surface area contributed by atoms with Crippen LogP contribution in [0, 0.1) is 17.3 Å². The van der Waals surface area contributed by atoms with Gasteiger partial charge >= 0.3 is 13.3 Å². The summed E-state index contributed by atoms with van der Waals surface area (Å²) in [5, 5.41) is 6.14. The number of anilines is 1. The highest BCUT2D eigenvalue weighted by Crippen LogP contribution is 2.65. The van der Waals surface area contributed by atoms with E-state index in [1.807, 2.05) is 25.1 Å². The first-order valence-electron chi connectivity index (χ1n) is 18.6. The van der Waals surface area contributed by atoms with Crippen molar-refractivity contribution in [3.63, 3.8) is 0 Å². The quantitative estimate of drug-likeness (QED) is 0.144. The summed E-state index contributed by atoms with van der Waals surface area (Å²) in [6, 6.07) is 14.0. The summed E-state index contributed by atoms with van der Waals surface area (Å²) >= 11 is 6.90. The van der Waals surface area contributed by atoms with Gasteiger partial charge in [-0.3, -0.25) is 14.2 Å². The van der Waals surface area contributed by atoms with Crippen LogP contribution >= 0.6 is 11.6 Å². The fourth-order valence-electron chi connectivity index (χ4n) is 9.65. The highest BCUT2D eigenvalue weighted by atomic mass is 35.5. The molecule has 1 saturated heterocycles. The first-order valence-corrected chi connectivity index (χ1v) is 18.9. The van der Waals surface area contributed by atoms with E-state index in [2.05, 4.69) is 55.1 Å². The Balaban J connectivity index is 1.16. The highest BCUT2D eigenvalue weighted by Gasteiger charge is 2.68. The number of rotatable bonds is 12. The van der Waals surface area contributed by atoms with Crippen molar-refractivity contribution in [2.45, 2.75) is 114 Å². The van der Waals surface area contributed by atoms with Crippen LogP contribution in [0.2, 0.25) is 5.15 Å². The predicted octanol–water partition coefficient (Wildman–Crippen LogP) is 8.08. The number of alkyl halides is 3. The molecule has 3 aliphatic carbocycles. The van der Waals surface area contributed by atoms with Gasteiger partial charge in [0.15, 0.2) is 11.0 Å². The second-order valence-corrected chi connectivity index (χ2v) is 16.8. The lowest BCUT2D eigenvalue weighted by atomic mass is 9.43. The molecule has 0 radical (unpaired) electrons. The van der Waals surface area contributed by atoms with Gasteiger partial charge in [0.1, 0.15) is 6.04 Å². The van der Waals surface area contributed by atoms with Crippen LogP contribution in [0.15, 0.2) is 72.0 Å². The van der Waals surface area contributed by atoms with Gasteiger partial charge in [0, 0.05) is 12.0 Å². The number of fused-ring (bicyclic) bond motifs is 1. The minimum Gasteiger partial charge on any atom is -0.404 e. The van der Waals surface area contributed by atoms with E-state index >= 15 is 0 Å². The fourth-order valence-corrected chi connectivity index (χ4v) is 10.1. The smallest absolute Gasteiger partial charge is 0.404 e. The van der Waals surface area contributed by atoms with E-state index in [0.29, 0.717) is 42.4 Å². The lowest BCUT2D eigenvalue weighted by molar-refractivity contribution is -0.199. The Morgan fingerprint density at radius 3 is 2.57 bits per heavy atom.